The van der Waals surface area contributed by atoms with E-state index in [1.165, 1.54) is 17.5 Å². The average molecular weight is 339 g/mol. The van der Waals surface area contributed by atoms with Gasteiger partial charge in [-0.05, 0) is 45.0 Å². The van der Waals surface area contributed by atoms with E-state index in [-0.39, 0.29) is 0 Å². The van der Waals surface area contributed by atoms with E-state index >= 15 is 0 Å². The smallest absolute Gasteiger partial charge is 0.225 e. The quantitative estimate of drug-likeness (QED) is 0.786. The van der Waals surface area contributed by atoms with E-state index in [0.29, 0.717) is 6.04 Å². The monoisotopic (exact) mass is 339 g/mol. The highest BCUT2D eigenvalue weighted by Gasteiger charge is 2.18. The second kappa shape index (κ2) is 8.92. The molecule has 1 aliphatic heterocycles. The number of piperazine rings is 1. The van der Waals surface area contributed by atoms with Gasteiger partial charge in [-0.2, -0.15) is 0 Å². The number of aryl methyl sites for hydroxylation is 1. The Kier molecular flexibility index (Phi) is 6.36. The normalized spacial score (nSPS) is 16.8. The van der Waals surface area contributed by atoms with Gasteiger partial charge in [0, 0.05) is 44.6 Å². The highest BCUT2D eigenvalue weighted by Crippen LogP contribution is 2.14. The van der Waals surface area contributed by atoms with Crippen LogP contribution in [0.2, 0.25) is 0 Å². The lowest BCUT2D eigenvalue weighted by Crippen LogP contribution is -2.47. The molecule has 2 aromatic rings. The first-order valence-electron chi connectivity index (χ1n) is 9.26. The maximum atomic E-state index is 4.34. The van der Waals surface area contributed by atoms with Crippen LogP contribution in [0.4, 0.5) is 5.95 Å². The number of anilines is 1. The molecule has 1 aromatic carbocycles. The van der Waals surface area contributed by atoms with Crippen LogP contribution < -0.4 is 10.2 Å². The molecule has 1 aromatic heterocycles. The molecule has 0 spiro atoms. The summed E-state index contributed by atoms with van der Waals surface area (Å²) >= 11 is 0. The van der Waals surface area contributed by atoms with Crippen molar-refractivity contribution in [2.45, 2.75) is 26.3 Å². The Morgan fingerprint density at radius 2 is 1.84 bits per heavy atom. The summed E-state index contributed by atoms with van der Waals surface area (Å²) in [6, 6.07) is 11.0. The minimum Gasteiger partial charge on any atom is -0.338 e. The van der Waals surface area contributed by atoms with Crippen molar-refractivity contribution < 1.29 is 0 Å². The molecule has 0 amide bonds. The molecule has 0 saturated carbocycles. The number of aromatic nitrogens is 2. The molecule has 1 atom stereocenters. The average Bonchev–Trinajstić information content (AvgIpc) is 2.66. The highest BCUT2D eigenvalue weighted by atomic mass is 15.3. The maximum Gasteiger partial charge on any atom is 0.225 e. The van der Waals surface area contributed by atoms with Gasteiger partial charge in [-0.1, -0.05) is 29.8 Å². The molecule has 134 valence electrons. The number of rotatable bonds is 7. The van der Waals surface area contributed by atoms with Gasteiger partial charge in [0.25, 0.3) is 0 Å². The summed E-state index contributed by atoms with van der Waals surface area (Å²) < 4.78 is 0. The lowest BCUT2D eigenvalue weighted by atomic mass is 10.1. The van der Waals surface area contributed by atoms with E-state index in [9.17, 15) is 0 Å². The fourth-order valence-corrected chi connectivity index (χ4v) is 3.30. The molecule has 1 fully saturated rings. The van der Waals surface area contributed by atoms with Gasteiger partial charge in [0.15, 0.2) is 0 Å². The highest BCUT2D eigenvalue weighted by molar-refractivity contribution is 5.29. The van der Waals surface area contributed by atoms with E-state index in [0.717, 1.165) is 45.2 Å². The van der Waals surface area contributed by atoms with Crippen molar-refractivity contribution in [1.29, 1.82) is 0 Å². The molecule has 0 radical (unpaired) electrons. The third-order valence-corrected chi connectivity index (χ3v) is 4.85. The standard InChI is InChI=1S/C20H29N5/c1-17-6-3-7-19(16-17)18(2)21-10-5-11-24-12-14-25(15-13-24)20-22-8-4-9-23-20/h3-4,6-9,16,18,21H,5,10-15H2,1-2H3/t18-/m1/s1. The largest absolute Gasteiger partial charge is 0.338 e. The van der Waals surface area contributed by atoms with E-state index in [4.69, 9.17) is 0 Å². The predicted molar refractivity (Wildman–Crippen MR) is 103 cm³/mol. The first-order valence-corrected chi connectivity index (χ1v) is 9.26. The number of hydrogen-bond donors (Lipinski definition) is 1. The molecule has 1 saturated heterocycles. The predicted octanol–water partition coefficient (Wildman–Crippen LogP) is 2.65. The first-order chi connectivity index (χ1) is 12.2. The molecule has 3 rings (SSSR count). The van der Waals surface area contributed by atoms with Crippen molar-refractivity contribution in [1.82, 2.24) is 20.2 Å². The molecule has 0 bridgehead atoms. The summed E-state index contributed by atoms with van der Waals surface area (Å²) in [5.41, 5.74) is 2.70. The number of nitrogens with zero attached hydrogens (tertiary/aromatic N) is 4. The summed E-state index contributed by atoms with van der Waals surface area (Å²) in [6.45, 7) is 10.8. The molecule has 1 aliphatic rings. The minimum absolute atomic E-state index is 0.409. The van der Waals surface area contributed by atoms with Gasteiger partial charge >= 0.3 is 0 Å². The topological polar surface area (TPSA) is 44.3 Å². The second-order valence-corrected chi connectivity index (χ2v) is 6.82. The van der Waals surface area contributed by atoms with Crippen molar-refractivity contribution in [3.8, 4) is 0 Å². The van der Waals surface area contributed by atoms with Crippen LogP contribution in [0.15, 0.2) is 42.7 Å². The van der Waals surface area contributed by atoms with Crippen molar-refractivity contribution in [3.63, 3.8) is 0 Å². The molecule has 2 heterocycles. The van der Waals surface area contributed by atoms with Crippen LogP contribution in [-0.4, -0.2) is 54.1 Å². The lowest BCUT2D eigenvalue weighted by Gasteiger charge is -2.34. The fourth-order valence-electron chi connectivity index (χ4n) is 3.30. The van der Waals surface area contributed by atoms with Crippen molar-refractivity contribution in [2.75, 3.05) is 44.2 Å². The van der Waals surface area contributed by atoms with Gasteiger partial charge < -0.3 is 10.2 Å². The molecule has 5 heteroatoms. The van der Waals surface area contributed by atoms with Crippen molar-refractivity contribution >= 4 is 5.95 Å². The number of hydrogen-bond acceptors (Lipinski definition) is 5. The third kappa shape index (κ3) is 5.25. The van der Waals surface area contributed by atoms with Crippen molar-refractivity contribution in [3.05, 3.63) is 53.9 Å². The van der Waals surface area contributed by atoms with Crippen LogP contribution in [0, 0.1) is 6.92 Å². The number of nitrogens with one attached hydrogen (secondary N) is 1. The Hall–Kier alpha value is -1.98. The Balaban J connectivity index is 1.34. The van der Waals surface area contributed by atoms with Gasteiger partial charge in [0.2, 0.25) is 5.95 Å². The van der Waals surface area contributed by atoms with E-state index < -0.39 is 0 Å². The summed E-state index contributed by atoms with van der Waals surface area (Å²) in [4.78, 5) is 13.5. The zero-order valence-electron chi connectivity index (χ0n) is 15.4. The molecule has 0 aliphatic carbocycles. The fraction of sp³-hybridized carbons (Fsp3) is 0.500. The lowest BCUT2D eigenvalue weighted by molar-refractivity contribution is 0.252. The van der Waals surface area contributed by atoms with Crippen LogP contribution in [0.3, 0.4) is 0 Å². The summed E-state index contributed by atoms with van der Waals surface area (Å²) in [5.74, 6) is 0.857. The molecule has 1 N–H and O–H groups in total. The Bertz CT molecular complexity index is 638. The van der Waals surface area contributed by atoms with E-state index in [2.05, 4.69) is 63.2 Å². The molecule has 5 nitrogen and oxygen atoms in total. The van der Waals surface area contributed by atoms with Crippen LogP contribution in [0.25, 0.3) is 0 Å². The van der Waals surface area contributed by atoms with Gasteiger partial charge in [-0.25, -0.2) is 9.97 Å². The van der Waals surface area contributed by atoms with E-state index in [1.807, 2.05) is 18.5 Å². The number of benzene rings is 1. The SMILES string of the molecule is Cc1cccc([C@@H](C)NCCCN2CCN(c3ncccn3)CC2)c1. The van der Waals surface area contributed by atoms with E-state index in [1.54, 1.807) is 0 Å². The third-order valence-electron chi connectivity index (χ3n) is 4.85. The molecule has 25 heavy (non-hydrogen) atoms. The molecule has 0 unspecified atom stereocenters. The Morgan fingerprint density at radius 3 is 2.56 bits per heavy atom. The Morgan fingerprint density at radius 1 is 1.08 bits per heavy atom. The summed E-state index contributed by atoms with van der Waals surface area (Å²) in [7, 11) is 0. The van der Waals surface area contributed by atoms with Gasteiger partial charge in [0.05, 0.1) is 0 Å². The molecular formula is C20H29N5. The zero-order valence-corrected chi connectivity index (χ0v) is 15.4. The molecular weight excluding hydrogens is 310 g/mol. The van der Waals surface area contributed by atoms with Gasteiger partial charge in [0.1, 0.15) is 0 Å². The maximum absolute atomic E-state index is 4.34. The summed E-state index contributed by atoms with van der Waals surface area (Å²) in [6.07, 6.45) is 4.81. The van der Waals surface area contributed by atoms with Crippen LogP contribution in [0.1, 0.15) is 30.5 Å². The van der Waals surface area contributed by atoms with Crippen LogP contribution in [0.5, 0.6) is 0 Å². The second-order valence-electron chi connectivity index (χ2n) is 6.82. The zero-order chi connectivity index (χ0) is 17.5. The van der Waals surface area contributed by atoms with Crippen LogP contribution in [-0.2, 0) is 0 Å². The van der Waals surface area contributed by atoms with Crippen LogP contribution >= 0.6 is 0 Å². The van der Waals surface area contributed by atoms with Crippen molar-refractivity contribution in [2.24, 2.45) is 0 Å². The first kappa shape index (κ1) is 17.8. The van der Waals surface area contributed by atoms with Gasteiger partial charge in [-0.3, -0.25) is 4.90 Å². The van der Waals surface area contributed by atoms with Gasteiger partial charge in [-0.15, -0.1) is 0 Å². The summed E-state index contributed by atoms with van der Waals surface area (Å²) in [5, 5.41) is 3.64. The Labute approximate surface area is 151 Å². The minimum atomic E-state index is 0.409.